The molecule has 3 rings (SSSR count). The summed E-state index contributed by atoms with van der Waals surface area (Å²) in [5.41, 5.74) is 8.21. The van der Waals surface area contributed by atoms with Gasteiger partial charge in [0.2, 0.25) is 0 Å². The van der Waals surface area contributed by atoms with Crippen molar-refractivity contribution in [3.8, 4) is 5.75 Å². The largest absolute Gasteiger partial charge is 0.494 e. The highest BCUT2D eigenvalue weighted by molar-refractivity contribution is 5.42. The number of nitrogens with two attached hydrogens (primary N) is 1. The SMILES string of the molecule is CCOc1ccc(C2(C3(N)CC3)CC2)cc1. The lowest BCUT2D eigenvalue weighted by atomic mass is 9.86. The summed E-state index contributed by atoms with van der Waals surface area (Å²) in [6.07, 6.45) is 4.91. The Kier molecular flexibility index (Phi) is 2.05. The van der Waals surface area contributed by atoms with Crippen LogP contribution in [-0.4, -0.2) is 12.1 Å². The maximum atomic E-state index is 6.38. The van der Waals surface area contributed by atoms with Crippen LogP contribution >= 0.6 is 0 Å². The molecule has 0 radical (unpaired) electrons. The molecule has 2 fully saturated rings. The molecule has 1 aromatic carbocycles. The van der Waals surface area contributed by atoms with E-state index in [0.29, 0.717) is 5.41 Å². The van der Waals surface area contributed by atoms with Crippen LogP contribution in [0.5, 0.6) is 5.75 Å². The van der Waals surface area contributed by atoms with Gasteiger partial charge in [0.25, 0.3) is 0 Å². The Morgan fingerprint density at radius 2 is 1.75 bits per heavy atom. The number of hydrogen-bond acceptors (Lipinski definition) is 2. The summed E-state index contributed by atoms with van der Waals surface area (Å²) < 4.78 is 5.46. The Hall–Kier alpha value is -1.02. The predicted octanol–water partition coefficient (Wildman–Crippen LogP) is 2.61. The molecule has 2 heteroatoms. The highest BCUT2D eigenvalue weighted by atomic mass is 16.5. The van der Waals surface area contributed by atoms with E-state index in [9.17, 15) is 0 Å². The maximum absolute atomic E-state index is 6.38. The van der Waals surface area contributed by atoms with Crippen molar-refractivity contribution in [2.75, 3.05) is 6.61 Å². The molecular formula is C14H19NO. The van der Waals surface area contributed by atoms with Crippen LogP contribution in [0.25, 0.3) is 0 Å². The number of hydrogen-bond donors (Lipinski definition) is 1. The number of ether oxygens (including phenoxy) is 1. The summed E-state index contributed by atoms with van der Waals surface area (Å²) in [7, 11) is 0. The van der Waals surface area contributed by atoms with Crippen molar-refractivity contribution < 1.29 is 4.74 Å². The molecule has 0 amide bonds. The smallest absolute Gasteiger partial charge is 0.119 e. The van der Waals surface area contributed by atoms with Gasteiger partial charge in [-0.05, 0) is 50.3 Å². The van der Waals surface area contributed by atoms with E-state index < -0.39 is 0 Å². The fraction of sp³-hybridized carbons (Fsp3) is 0.571. The summed E-state index contributed by atoms with van der Waals surface area (Å²) in [5.74, 6) is 0.962. The minimum atomic E-state index is 0.111. The Labute approximate surface area is 96.8 Å². The summed E-state index contributed by atoms with van der Waals surface area (Å²) in [4.78, 5) is 0. The Balaban J connectivity index is 1.85. The van der Waals surface area contributed by atoms with Gasteiger partial charge in [0.1, 0.15) is 5.75 Å². The molecule has 0 atom stereocenters. The van der Waals surface area contributed by atoms with Gasteiger partial charge in [0.15, 0.2) is 0 Å². The summed E-state index contributed by atoms with van der Waals surface area (Å²) in [6.45, 7) is 2.74. The second-order valence-corrected chi connectivity index (χ2v) is 5.20. The van der Waals surface area contributed by atoms with E-state index in [4.69, 9.17) is 10.5 Å². The minimum absolute atomic E-state index is 0.111. The van der Waals surface area contributed by atoms with Crippen molar-refractivity contribution in [1.29, 1.82) is 0 Å². The van der Waals surface area contributed by atoms with Gasteiger partial charge in [-0.2, -0.15) is 0 Å². The molecule has 86 valence electrons. The summed E-state index contributed by atoms with van der Waals surface area (Å²) in [6, 6.07) is 8.55. The van der Waals surface area contributed by atoms with E-state index >= 15 is 0 Å². The first kappa shape index (κ1) is 10.2. The first-order valence-electron chi connectivity index (χ1n) is 6.22. The van der Waals surface area contributed by atoms with Gasteiger partial charge in [0, 0.05) is 11.0 Å². The zero-order valence-electron chi connectivity index (χ0n) is 9.83. The van der Waals surface area contributed by atoms with E-state index in [0.717, 1.165) is 12.4 Å². The molecule has 0 spiro atoms. The van der Waals surface area contributed by atoms with Crippen molar-refractivity contribution in [3.63, 3.8) is 0 Å². The van der Waals surface area contributed by atoms with Crippen LogP contribution in [0.15, 0.2) is 24.3 Å². The third-order valence-corrected chi connectivity index (χ3v) is 4.21. The molecule has 0 saturated heterocycles. The zero-order chi connectivity index (χ0) is 11.2. The minimum Gasteiger partial charge on any atom is -0.494 e. The maximum Gasteiger partial charge on any atom is 0.119 e. The Morgan fingerprint density at radius 3 is 2.19 bits per heavy atom. The first-order chi connectivity index (χ1) is 7.70. The molecule has 0 bridgehead atoms. The van der Waals surface area contributed by atoms with Gasteiger partial charge in [-0.3, -0.25) is 0 Å². The lowest BCUT2D eigenvalue weighted by Crippen LogP contribution is -2.37. The monoisotopic (exact) mass is 217 g/mol. The van der Waals surface area contributed by atoms with Crippen LogP contribution in [0.2, 0.25) is 0 Å². The van der Waals surface area contributed by atoms with Crippen LogP contribution < -0.4 is 10.5 Å². The summed E-state index contributed by atoms with van der Waals surface area (Å²) in [5, 5.41) is 0. The van der Waals surface area contributed by atoms with Crippen LogP contribution in [0.4, 0.5) is 0 Å². The average Bonchev–Trinajstić information content (AvgIpc) is 3.15. The quantitative estimate of drug-likeness (QED) is 0.841. The molecule has 16 heavy (non-hydrogen) atoms. The van der Waals surface area contributed by atoms with Gasteiger partial charge in [-0.25, -0.2) is 0 Å². The molecule has 1 aromatic rings. The van der Waals surface area contributed by atoms with Gasteiger partial charge in [0.05, 0.1) is 6.61 Å². The Bertz CT molecular complexity index is 388. The average molecular weight is 217 g/mol. The zero-order valence-corrected chi connectivity index (χ0v) is 9.83. The van der Waals surface area contributed by atoms with E-state index in [2.05, 4.69) is 24.3 Å². The molecule has 2 N–H and O–H groups in total. The molecule has 2 aliphatic carbocycles. The predicted molar refractivity (Wildman–Crippen MR) is 64.7 cm³/mol. The van der Waals surface area contributed by atoms with E-state index in [1.54, 1.807) is 0 Å². The highest BCUT2D eigenvalue weighted by Gasteiger charge is 2.63. The Morgan fingerprint density at radius 1 is 1.12 bits per heavy atom. The van der Waals surface area contributed by atoms with Crippen LogP contribution in [-0.2, 0) is 5.41 Å². The van der Waals surface area contributed by atoms with E-state index in [-0.39, 0.29) is 5.54 Å². The van der Waals surface area contributed by atoms with Gasteiger partial charge in [-0.1, -0.05) is 12.1 Å². The number of rotatable bonds is 4. The highest BCUT2D eigenvalue weighted by Crippen LogP contribution is 2.63. The first-order valence-corrected chi connectivity index (χ1v) is 6.22. The van der Waals surface area contributed by atoms with Crippen LogP contribution in [0, 0.1) is 0 Å². The van der Waals surface area contributed by atoms with Gasteiger partial charge >= 0.3 is 0 Å². The third-order valence-electron chi connectivity index (χ3n) is 4.21. The van der Waals surface area contributed by atoms with Crippen molar-refractivity contribution in [2.24, 2.45) is 5.73 Å². The fourth-order valence-electron chi connectivity index (χ4n) is 2.85. The molecule has 0 aliphatic heterocycles. The molecule has 0 aromatic heterocycles. The van der Waals surface area contributed by atoms with Crippen molar-refractivity contribution in [2.45, 2.75) is 43.6 Å². The van der Waals surface area contributed by atoms with Gasteiger partial charge in [-0.15, -0.1) is 0 Å². The topological polar surface area (TPSA) is 35.2 Å². The van der Waals surface area contributed by atoms with Crippen molar-refractivity contribution in [3.05, 3.63) is 29.8 Å². The lowest BCUT2D eigenvalue weighted by Gasteiger charge is -2.23. The normalized spacial score (nSPS) is 23.9. The molecule has 0 heterocycles. The lowest BCUT2D eigenvalue weighted by molar-refractivity contribution is 0.340. The molecule has 2 saturated carbocycles. The molecule has 2 aliphatic rings. The number of benzene rings is 1. The molecular weight excluding hydrogens is 198 g/mol. The van der Waals surface area contributed by atoms with E-state index in [1.807, 2.05) is 6.92 Å². The van der Waals surface area contributed by atoms with E-state index in [1.165, 1.54) is 31.2 Å². The standard InChI is InChI=1S/C14H19NO/c1-2-16-12-5-3-11(4-6-12)13(7-8-13)14(15)9-10-14/h3-6H,2,7-10,15H2,1H3. The fourth-order valence-corrected chi connectivity index (χ4v) is 2.85. The molecule has 2 nitrogen and oxygen atoms in total. The third kappa shape index (κ3) is 1.36. The van der Waals surface area contributed by atoms with Crippen molar-refractivity contribution >= 4 is 0 Å². The molecule has 0 unspecified atom stereocenters. The second kappa shape index (κ2) is 3.24. The van der Waals surface area contributed by atoms with Crippen molar-refractivity contribution in [1.82, 2.24) is 0 Å². The van der Waals surface area contributed by atoms with Crippen LogP contribution in [0.1, 0.15) is 38.2 Å². The van der Waals surface area contributed by atoms with Gasteiger partial charge < -0.3 is 10.5 Å². The van der Waals surface area contributed by atoms with Crippen LogP contribution in [0.3, 0.4) is 0 Å². The summed E-state index contributed by atoms with van der Waals surface area (Å²) >= 11 is 0. The second-order valence-electron chi connectivity index (χ2n) is 5.20.